The summed E-state index contributed by atoms with van der Waals surface area (Å²) in [6.45, 7) is 0. The maximum Gasteiger partial charge on any atom is 0.118 e. The smallest absolute Gasteiger partial charge is 0.118 e. The van der Waals surface area contributed by atoms with Gasteiger partial charge in [0.2, 0.25) is 0 Å². The summed E-state index contributed by atoms with van der Waals surface area (Å²) < 4.78 is 5.29. The van der Waals surface area contributed by atoms with Crippen molar-refractivity contribution in [3.63, 3.8) is 0 Å². The average Bonchev–Trinajstić information content (AvgIpc) is 2.63. The van der Waals surface area contributed by atoms with Crippen molar-refractivity contribution in [2.45, 2.75) is 12.3 Å². The van der Waals surface area contributed by atoms with Crippen molar-refractivity contribution in [3.05, 3.63) is 96.1 Å². The second kappa shape index (κ2) is 7.94. The molecule has 116 valence electrons. The van der Waals surface area contributed by atoms with Gasteiger partial charge in [-0.3, -0.25) is 0 Å². The van der Waals surface area contributed by atoms with Crippen LogP contribution in [0.5, 0.6) is 5.75 Å². The van der Waals surface area contributed by atoms with Crippen LogP contribution in [0, 0.1) is 0 Å². The fraction of sp³-hybridized carbons (Fsp3) is 0.143. The van der Waals surface area contributed by atoms with Crippen LogP contribution in [0.25, 0.3) is 0 Å². The quantitative estimate of drug-likeness (QED) is 0.567. The van der Waals surface area contributed by atoms with Crippen molar-refractivity contribution < 1.29 is 4.74 Å². The lowest BCUT2D eigenvalue weighted by atomic mass is 10.2. The van der Waals surface area contributed by atoms with Crippen LogP contribution in [-0.4, -0.2) is 7.11 Å². The molecule has 1 nitrogen and oxygen atoms in total. The summed E-state index contributed by atoms with van der Waals surface area (Å²) in [4.78, 5) is 0. The van der Waals surface area contributed by atoms with E-state index in [9.17, 15) is 0 Å². The minimum absolute atomic E-state index is 0.281. The molecule has 3 rings (SSSR count). The van der Waals surface area contributed by atoms with Crippen LogP contribution in [0.1, 0.15) is 11.1 Å². The molecule has 0 aliphatic heterocycles. The van der Waals surface area contributed by atoms with Crippen LogP contribution in [0.3, 0.4) is 0 Å². The van der Waals surface area contributed by atoms with Crippen molar-refractivity contribution in [1.82, 2.24) is 0 Å². The number of rotatable bonds is 6. The van der Waals surface area contributed by atoms with E-state index in [1.165, 1.54) is 16.4 Å². The molecule has 3 aromatic rings. The third kappa shape index (κ3) is 4.43. The summed E-state index contributed by atoms with van der Waals surface area (Å²) in [7, 11) is 1.43. The average molecular weight is 320 g/mol. The first-order valence-corrected chi connectivity index (χ1v) is 9.53. The molecule has 0 atom stereocenters. The first kappa shape index (κ1) is 15.8. The third-order valence-electron chi connectivity index (χ3n) is 3.87. The number of hydrogen-bond acceptors (Lipinski definition) is 1. The second-order valence-electron chi connectivity index (χ2n) is 5.53. The van der Waals surface area contributed by atoms with E-state index in [2.05, 4.69) is 84.9 Å². The zero-order valence-electron chi connectivity index (χ0n) is 13.4. The third-order valence-corrected chi connectivity index (χ3v) is 6.39. The van der Waals surface area contributed by atoms with Crippen LogP contribution < -0.4 is 10.0 Å². The number of ether oxygens (including phenoxy) is 1. The monoisotopic (exact) mass is 320 g/mol. The molecule has 0 bridgehead atoms. The summed E-state index contributed by atoms with van der Waals surface area (Å²) in [5.74, 6) is 0.920. The minimum Gasteiger partial charge on any atom is -0.497 e. The maximum absolute atomic E-state index is 5.29. The van der Waals surface area contributed by atoms with E-state index in [0.717, 1.165) is 18.1 Å². The Balaban J connectivity index is 1.85. The normalized spacial score (nSPS) is 10.7. The number of benzene rings is 3. The number of methoxy groups -OCH3 is 1. The van der Waals surface area contributed by atoms with Crippen molar-refractivity contribution in [2.24, 2.45) is 0 Å². The van der Waals surface area contributed by atoms with E-state index in [4.69, 9.17) is 4.74 Å². The Hall–Kier alpha value is -2.11. The molecule has 0 amide bonds. The minimum atomic E-state index is -0.281. The molecule has 0 saturated heterocycles. The van der Waals surface area contributed by atoms with Gasteiger partial charge in [0, 0.05) is 0 Å². The van der Waals surface area contributed by atoms with E-state index in [1.54, 1.807) is 7.11 Å². The van der Waals surface area contributed by atoms with Crippen LogP contribution in [-0.2, 0) is 12.3 Å². The summed E-state index contributed by atoms with van der Waals surface area (Å²) in [6.07, 6.45) is 2.22. The van der Waals surface area contributed by atoms with Gasteiger partial charge in [0.25, 0.3) is 0 Å². The summed E-state index contributed by atoms with van der Waals surface area (Å²) >= 11 is 0. The molecule has 0 aliphatic carbocycles. The van der Waals surface area contributed by atoms with Gasteiger partial charge in [0.15, 0.2) is 0 Å². The van der Waals surface area contributed by atoms with E-state index in [1.807, 2.05) is 0 Å². The second-order valence-corrected chi connectivity index (χ2v) is 7.75. The van der Waals surface area contributed by atoms with Crippen molar-refractivity contribution in [2.75, 3.05) is 7.11 Å². The molecule has 0 unspecified atom stereocenters. The zero-order chi connectivity index (χ0) is 15.9. The van der Waals surface area contributed by atoms with Crippen LogP contribution in [0.4, 0.5) is 0 Å². The maximum atomic E-state index is 5.29. The van der Waals surface area contributed by atoms with Gasteiger partial charge in [0.1, 0.15) is 5.75 Å². The highest BCUT2D eigenvalue weighted by Crippen LogP contribution is 2.42. The fourth-order valence-electron chi connectivity index (χ4n) is 2.64. The highest BCUT2D eigenvalue weighted by molar-refractivity contribution is 7.64. The first-order valence-electron chi connectivity index (χ1n) is 7.82. The van der Waals surface area contributed by atoms with Gasteiger partial charge in [-0.1, -0.05) is 80.7 Å². The number of hydrogen-bond donors (Lipinski definition) is 0. The molecule has 0 saturated carbocycles. The Morgan fingerprint density at radius 1 is 0.652 bits per heavy atom. The van der Waals surface area contributed by atoms with Crippen LogP contribution >= 0.6 is 7.92 Å². The molecule has 3 aromatic carbocycles. The standard InChI is InChI=1S/C21H21OP/c1-22-20-12-14-21(15-13-20)23(16-18-8-4-2-5-9-18)17-19-10-6-3-7-11-19/h2-15H,16-17H2,1H3. The molecule has 0 aliphatic rings. The van der Waals surface area contributed by atoms with Gasteiger partial charge in [-0.05, 0) is 40.9 Å². The Labute approximate surface area is 139 Å². The lowest BCUT2D eigenvalue weighted by Crippen LogP contribution is -2.05. The molecule has 0 heterocycles. The Kier molecular flexibility index (Phi) is 5.45. The van der Waals surface area contributed by atoms with Gasteiger partial charge in [-0.25, -0.2) is 0 Å². The molecule has 0 fully saturated rings. The predicted molar refractivity (Wildman–Crippen MR) is 99.8 cm³/mol. The predicted octanol–water partition coefficient (Wildman–Crippen LogP) is 5.20. The molecule has 2 heteroatoms. The molecule has 0 radical (unpaired) electrons. The SMILES string of the molecule is COc1ccc(P(Cc2ccccc2)Cc2ccccc2)cc1. The lowest BCUT2D eigenvalue weighted by molar-refractivity contribution is 0.415. The van der Waals surface area contributed by atoms with Crippen molar-refractivity contribution >= 4 is 13.2 Å². The Bertz CT molecular complexity index is 666. The molecule has 23 heavy (non-hydrogen) atoms. The van der Waals surface area contributed by atoms with E-state index in [0.29, 0.717) is 0 Å². The summed E-state index contributed by atoms with van der Waals surface area (Å²) in [6, 6.07) is 30.1. The van der Waals surface area contributed by atoms with Crippen LogP contribution in [0.2, 0.25) is 0 Å². The lowest BCUT2D eigenvalue weighted by Gasteiger charge is -2.19. The van der Waals surface area contributed by atoms with E-state index < -0.39 is 0 Å². The van der Waals surface area contributed by atoms with Gasteiger partial charge in [0.05, 0.1) is 7.11 Å². The topological polar surface area (TPSA) is 9.23 Å². The molecule has 0 aromatic heterocycles. The Morgan fingerprint density at radius 2 is 1.13 bits per heavy atom. The van der Waals surface area contributed by atoms with Gasteiger partial charge < -0.3 is 4.74 Å². The van der Waals surface area contributed by atoms with Gasteiger partial charge >= 0.3 is 0 Å². The summed E-state index contributed by atoms with van der Waals surface area (Å²) in [5.41, 5.74) is 2.82. The van der Waals surface area contributed by atoms with Crippen molar-refractivity contribution in [3.8, 4) is 5.75 Å². The van der Waals surface area contributed by atoms with Gasteiger partial charge in [-0.2, -0.15) is 0 Å². The molecule has 0 spiro atoms. The summed E-state index contributed by atoms with van der Waals surface area (Å²) in [5, 5.41) is 1.42. The Morgan fingerprint density at radius 3 is 1.57 bits per heavy atom. The highest BCUT2D eigenvalue weighted by Gasteiger charge is 2.13. The van der Waals surface area contributed by atoms with Gasteiger partial charge in [-0.15, -0.1) is 0 Å². The van der Waals surface area contributed by atoms with E-state index >= 15 is 0 Å². The molecular weight excluding hydrogens is 299 g/mol. The first-order chi connectivity index (χ1) is 11.3. The fourth-order valence-corrected chi connectivity index (χ4v) is 4.99. The van der Waals surface area contributed by atoms with E-state index in [-0.39, 0.29) is 7.92 Å². The molecule has 0 N–H and O–H groups in total. The zero-order valence-corrected chi connectivity index (χ0v) is 14.2. The van der Waals surface area contributed by atoms with Crippen LogP contribution in [0.15, 0.2) is 84.9 Å². The largest absolute Gasteiger partial charge is 0.497 e. The molecular formula is C21H21OP. The van der Waals surface area contributed by atoms with Crippen molar-refractivity contribution in [1.29, 1.82) is 0 Å². The highest BCUT2D eigenvalue weighted by atomic mass is 31.1.